The van der Waals surface area contributed by atoms with Gasteiger partial charge >= 0.3 is 0 Å². The Hall–Kier alpha value is -3.12. The molecule has 0 amide bonds. The van der Waals surface area contributed by atoms with Gasteiger partial charge in [0.15, 0.2) is 8.24 Å². The predicted octanol–water partition coefficient (Wildman–Crippen LogP) is 10.4. The van der Waals surface area contributed by atoms with Crippen molar-refractivity contribution in [3.8, 4) is 11.1 Å². The van der Waals surface area contributed by atoms with E-state index in [2.05, 4.69) is 25.0 Å². The van der Waals surface area contributed by atoms with Crippen LogP contribution in [-0.2, 0) is 0 Å². The number of fused-ring (bicyclic) bond motifs is 1. The van der Waals surface area contributed by atoms with Crippen molar-refractivity contribution in [2.75, 3.05) is 4.57 Å². The number of rotatable bonds is 10. The van der Waals surface area contributed by atoms with Gasteiger partial charge in [-0.2, -0.15) is 0 Å². The van der Waals surface area contributed by atoms with Gasteiger partial charge in [-0.25, -0.2) is 17.6 Å². The number of hydrogen-bond acceptors (Lipinski definition) is 1. The molecule has 0 N–H and O–H groups in total. The lowest BCUT2D eigenvalue weighted by atomic mass is 10.0. The van der Waals surface area contributed by atoms with Gasteiger partial charge in [0, 0.05) is 28.4 Å². The summed E-state index contributed by atoms with van der Waals surface area (Å²) in [6.07, 6.45) is 4.46. The van der Waals surface area contributed by atoms with Gasteiger partial charge in [-0.3, -0.25) is 0 Å². The van der Waals surface area contributed by atoms with E-state index in [9.17, 15) is 17.6 Å². The van der Waals surface area contributed by atoms with Crippen molar-refractivity contribution in [1.29, 1.82) is 0 Å². The lowest BCUT2D eigenvalue weighted by molar-refractivity contribution is 0.581. The SMILES string of the molecule is CCCCCC[Si](C)(CC)N(c1ccc(-c2ccccc2F)cc1)c1ccc(F)c2c(F)cc(F)cc12. The smallest absolute Gasteiger partial charge is 0.159 e. The van der Waals surface area contributed by atoms with Gasteiger partial charge in [0.2, 0.25) is 0 Å². The Kier molecular flexibility index (Phi) is 8.38. The van der Waals surface area contributed by atoms with Crippen LogP contribution in [0.25, 0.3) is 21.9 Å². The molecule has 0 fully saturated rings. The fourth-order valence-electron chi connectivity index (χ4n) is 5.14. The maximum absolute atomic E-state index is 14.8. The normalized spacial score (nSPS) is 13.1. The van der Waals surface area contributed by atoms with E-state index in [4.69, 9.17) is 0 Å². The second-order valence-corrected chi connectivity index (χ2v) is 14.5. The molecule has 0 aromatic heterocycles. The number of unbranched alkanes of at least 4 members (excludes halogenated alkanes) is 3. The topological polar surface area (TPSA) is 3.24 Å². The van der Waals surface area contributed by atoms with Crippen LogP contribution in [0.5, 0.6) is 0 Å². The van der Waals surface area contributed by atoms with E-state index in [1.807, 2.05) is 24.3 Å². The molecule has 0 aliphatic heterocycles. The van der Waals surface area contributed by atoms with E-state index in [1.165, 1.54) is 18.2 Å². The van der Waals surface area contributed by atoms with Crippen LogP contribution in [0.15, 0.2) is 72.8 Å². The highest BCUT2D eigenvalue weighted by molar-refractivity contribution is 6.83. The summed E-state index contributed by atoms with van der Waals surface area (Å²) < 4.78 is 60.6. The first kappa shape index (κ1) is 26.9. The molecule has 1 nitrogen and oxygen atoms in total. The molecule has 0 aliphatic carbocycles. The molecule has 6 heteroatoms. The molecule has 194 valence electrons. The van der Waals surface area contributed by atoms with Crippen molar-refractivity contribution in [2.24, 2.45) is 0 Å². The average Bonchev–Trinajstić information content (AvgIpc) is 2.88. The average molecular weight is 524 g/mol. The zero-order chi connectivity index (χ0) is 26.6. The minimum absolute atomic E-state index is 0.203. The molecule has 1 unspecified atom stereocenters. The van der Waals surface area contributed by atoms with E-state index in [0.29, 0.717) is 11.3 Å². The zero-order valence-electron chi connectivity index (χ0n) is 21.6. The summed E-state index contributed by atoms with van der Waals surface area (Å²) in [7, 11) is -2.27. The van der Waals surface area contributed by atoms with Gasteiger partial charge in [-0.15, -0.1) is 0 Å². The second-order valence-electron chi connectivity index (χ2n) is 9.90. The number of hydrogen-bond donors (Lipinski definition) is 0. The summed E-state index contributed by atoms with van der Waals surface area (Å²) in [4.78, 5) is 0. The van der Waals surface area contributed by atoms with Crippen LogP contribution in [0.4, 0.5) is 28.9 Å². The van der Waals surface area contributed by atoms with Crippen LogP contribution >= 0.6 is 0 Å². The Bertz CT molecular complexity index is 1370. The quantitative estimate of drug-likeness (QED) is 0.114. The van der Waals surface area contributed by atoms with Crippen molar-refractivity contribution in [3.05, 3.63) is 96.1 Å². The summed E-state index contributed by atoms with van der Waals surface area (Å²) in [5.74, 6) is -2.67. The van der Waals surface area contributed by atoms with E-state index in [0.717, 1.165) is 55.1 Å². The van der Waals surface area contributed by atoms with E-state index in [1.54, 1.807) is 24.3 Å². The predicted molar refractivity (Wildman–Crippen MR) is 149 cm³/mol. The molecule has 0 bridgehead atoms. The van der Waals surface area contributed by atoms with Crippen LogP contribution in [0.3, 0.4) is 0 Å². The molecule has 4 aromatic rings. The van der Waals surface area contributed by atoms with Crippen molar-refractivity contribution in [1.82, 2.24) is 0 Å². The Morgan fingerprint density at radius 1 is 0.730 bits per heavy atom. The minimum Gasteiger partial charge on any atom is -0.368 e. The Labute approximate surface area is 217 Å². The molecule has 37 heavy (non-hydrogen) atoms. The molecule has 0 saturated carbocycles. The number of anilines is 2. The van der Waals surface area contributed by atoms with Gasteiger partial charge in [0.25, 0.3) is 0 Å². The summed E-state index contributed by atoms with van der Waals surface area (Å²) in [5, 5.41) is 0.0155. The van der Waals surface area contributed by atoms with Gasteiger partial charge < -0.3 is 4.57 Å². The third-order valence-electron chi connectivity index (χ3n) is 7.38. The second kappa shape index (κ2) is 11.5. The fourth-order valence-corrected chi connectivity index (χ4v) is 8.60. The van der Waals surface area contributed by atoms with Crippen molar-refractivity contribution in [3.63, 3.8) is 0 Å². The Balaban J connectivity index is 1.88. The lowest BCUT2D eigenvalue weighted by Crippen LogP contribution is -2.48. The highest BCUT2D eigenvalue weighted by Gasteiger charge is 2.35. The van der Waals surface area contributed by atoms with Crippen LogP contribution in [-0.4, -0.2) is 8.24 Å². The summed E-state index contributed by atoms with van der Waals surface area (Å²) >= 11 is 0. The maximum atomic E-state index is 14.8. The van der Waals surface area contributed by atoms with Crippen LogP contribution in [0.1, 0.15) is 39.5 Å². The standard InChI is InChI=1S/C31H33F4NSi/c1-4-6-7-10-19-37(3,5-2)36(24-15-13-22(14-16-24)25-11-8-9-12-27(25)33)30-18-17-28(34)31-26(30)20-23(32)21-29(31)35/h8-9,11-18,20-21H,4-7,10,19H2,1-3H3. The van der Waals surface area contributed by atoms with Gasteiger partial charge in [-0.05, 0) is 54.0 Å². The van der Waals surface area contributed by atoms with Crippen LogP contribution in [0, 0.1) is 23.3 Å². The fraction of sp³-hybridized carbons (Fsp3) is 0.290. The third-order valence-corrected chi connectivity index (χ3v) is 11.9. The first-order valence-electron chi connectivity index (χ1n) is 13.0. The van der Waals surface area contributed by atoms with Crippen molar-refractivity contribution < 1.29 is 17.6 Å². The molecule has 4 aromatic carbocycles. The number of benzene rings is 4. The Morgan fingerprint density at radius 3 is 2.14 bits per heavy atom. The van der Waals surface area contributed by atoms with Crippen LogP contribution in [0.2, 0.25) is 18.6 Å². The molecule has 0 heterocycles. The van der Waals surface area contributed by atoms with Crippen LogP contribution < -0.4 is 4.57 Å². The first-order chi connectivity index (χ1) is 17.8. The van der Waals surface area contributed by atoms with E-state index >= 15 is 0 Å². The molecule has 0 saturated heterocycles. The molecule has 4 rings (SSSR count). The minimum atomic E-state index is -2.27. The third kappa shape index (κ3) is 5.59. The van der Waals surface area contributed by atoms with Gasteiger partial charge in [0.05, 0.1) is 5.39 Å². The molecule has 0 aliphatic rings. The largest absolute Gasteiger partial charge is 0.368 e. The van der Waals surface area contributed by atoms with Gasteiger partial charge in [0.1, 0.15) is 23.3 Å². The molecular weight excluding hydrogens is 490 g/mol. The van der Waals surface area contributed by atoms with Crippen molar-refractivity contribution >= 4 is 30.4 Å². The van der Waals surface area contributed by atoms with Gasteiger partial charge in [-0.1, -0.05) is 76.4 Å². The monoisotopic (exact) mass is 523 g/mol. The first-order valence-corrected chi connectivity index (χ1v) is 15.9. The molecule has 0 radical (unpaired) electrons. The molecule has 0 spiro atoms. The number of halogens is 4. The highest BCUT2D eigenvalue weighted by Crippen LogP contribution is 2.42. The molecule has 1 atom stereocenters. The Morgan fingerprint density at radius 2 is 1.46 bits per heavy atom. The molecular formula is C31H33F4NSi. The summed E-state index contributed by atoms with van der Waals surface area (Å²) in [6.45, 7) is 6.60. The zero-order valence-corrected chi connectivity index (χ0v) is 22.6. The lowest BCUT2D eigenvalue weighted by Gasteiger charge is -2.42. The summed E-state index contributed by atoms with van der Waals surface area (Å²) in [5.41, 5.74) is 2.70. The van der Waals surface area contributed by atoms with E-state index in [-0.39, 0.29) is 16.6 Å². The maximum Gasteiger partial charge on any atom is 0.159 e. The number of nitrogens with zero attached hydrogens (tertiary/aromatic N) is 1. The summed E-state index contributed by atoms with van der Waals surface area (Å²) in [6, 6.07) is 20.9. The van der Waals surface area contributed by atoms with E-state index < -0.39 is 25.7 Å². The van der Waals surface area contributed by atoms with Crippen molar-refractivity contribution in [2.45, 2.75) is 58.2 Å². The highest BCUT2D eigenvalue weighted by atomic mass is 28.3.